The average Bonchev–Trinajstić information content (AvgIpc) is 3.31. The number of amides is 1. The fourth-order valence-corrected chi connectivity index (χ4v) is 5.06. The molecule has 0 aliphatic carbocycles. The molecular weight excluding hydrogens is 558 g/mol. The molecule has 0 radical (unpaired) electrons. The Morgan fingerprint density at radius 3 is 2.24 bits per heavy atom. The van der Waals surface area contributed by atoms with Crippen molar-refractivity contribution in [2.75, 3.05) is 42.2 Å². The van der Waals surface area contributed by atoms with Crippen LogP contribution in [0.3, 0.4) is 0 Å². The lowest BCUT2D eigenvalue weighted by atomic mass is 10.1. The summed E-state index contributed by atoms with van der Waals surface area (Å²) < 4.78 is 13.1. The highest BCUT2D eigenvalue weighted by molar-refractivity contribution is 7.18. The zero-order chi connectivity index (χ0) is 26.4. The van der Waals surface area contributed by atoms with E-state index in [4.69, 9.17) is 45.5 Å². The number of benzene rings is 2. The van der Waals surface area contributed by atoms with Crippen LogP contribution in [0, 0.1) is 5.82 Å². The molecule has 0 atom stereocenters. The standard InChI is InChI=1S/C24H22ClFN6OS.CH2Cl2/c25-17-6-4-16(5-7-17)23(33)32-13-11-31(12-14-32)21-20-22(30-24(27)29-21)34-19(28-20)10-3-15-1-8-18(26)9-2-15;2-1-3/h1-2,4-9H,3,10-14H2,(H2,27,29,30);1H2. The number of carbonyl (C=O) groups is 1. The number of fused-ring (bicyclic) bond motifs is 1. The molecular formula is C25H24Cl3FN6OS. The van der Waals surface area contributed by atoms with Crippen molar-refractivity contribution in [3.05, 3.63) is 75.5 Å². The molecule has 1 saturated heterocycles. The van der Waals surface area contributed by atoms with Crippen LogP contribution in [0.2, 0.25) is 5.02 Å². The van der Waals surface area contributed by atoms with Crippen LogP contribution in [0.4, 0.5) is 16.2 Å². The number of aromatic nitrogens is 3. The SMILES string of the molecule is ClCCl.Nc1nc(N2CCN(C(=O)c3ccc(Cl)cc3)CC2)c2nc(CCc3ccc(F)cc3)sc2n1. The highest BCUT2D eigenvalue weighted by atomic mass is 35.5. The lowest BCUT2D eigenvalue weighted by molar-refractivity contribution is 0.0746. The van der Waals surface area contributed by atoms with Gasteiger partial charge in [0.2, 0.25) is 5.95 Å². The van der Waals surface area contributed by atoms with E-state index in [-0.39, 0.29) is 23.0 Å². The molecule has 5 rings (SSSR count). The number of piperazine rings is 1. The van der Waals surface area contributed by atoms with Crippen LogP contribution >= 0.6 is 46.1 Å². The third-order valence-electron chi connectivity index (χ3n) is 5.80. The van der Waals surface area contributed by atoms with Crippen molar-refractivity contribution in [3.8, 4) is 0 Å². The lowest BCUT2D eigenvalue weighted by Gasteiger charge is -2.35. The lowest BCUT2D eigenvalue weighted by Crippen LogP contribution is -2.49. The van der Waals surface area contributed by atoms with E-state index in [1.807, 2.05) is 4.90 Å². The van der Waals surface area contributed by atoms with Gasteiger partial charge in [-0.1, -0.05) is 35.1 Å². The van der Waals surface area contributed by atoms with Gasteiger partial charge >= 0.3 is 0 Å². The summed E-state index contributed by atoms with van der Waals surface area (Å²) in [5.41, 5.74) is 8.40. The third kappa shape index (κ3) is 6.98. The minimum Gasteiger partial charge on any atom is -0.368 e. The maximum atomic E-state index is 13.1. The van der Waals surface area contributed by atoms with E-state index in [1.54, 1.807) is 36.4 Å². The number of aryl methyl sites for hydroxylation is 2. The van der Waals surface area contributed by atoms with Crippen molar-refractivity contribution >= 4 is 74.2 Å². The van der Waals surface area contributed by atoms with Gasteiger partial charge in [0, 0.05) is 43.2 Å². The molecule has 37 heavy (non-hydrogen) atoms. The summed E-state index contributed by atoms with van der Waals surface area (Å²) in [7, 11) is 0. The van der Waals surface area contributed by atoms with Gasteiger partial charge < -0.3 is 15.5 Å². The van der Waals surface area contributed by atoms with Crippen molar-refractivity contribution in [2.24, 2.45) is 0 Å². The fourth-order valence-electron chi connectivity index (χ4n) is 3.99. The number of carbonyl (C=O) groups excluding carboxylic acids is 1. The van der Waals surface area contributed by atoms with E-state index in [9.17, 15) is 9.18 Å². The van der Waals surface area contributed by atoms with Crippen LogP contribution in [0.25, 0.3) is 10.3 Å². The van der Waals surface area contributed by atoms with E-state index in [0.29, 0.717) is 42.6 Å². The summed E-state index contributed by atoms with van der Waals surface area (Å²) in [6.45, 7) is 2.36. The zero-order valence-corrected chi connectivity index (χ0v) is 22.8. The molecule has 0 spiro atoms. The Morgan fingerprint density at radius 1 is 0.946 bits per heavy atom. The summed E-state index contributed by atoms with van der Waals surface area (Å²) in [5, 5.41) is 1.73. The minimum absolute atomic E-state index is 0.0135. The highest BCUT2D eigenvalue weighted by Crippen LogP contribution is 2.30. The largest absolute Gasteiger partial charge is 0.368 e. The maximum absolute atomic E-state index is 13.1. The molecule has 194 valence electrons. The predicted molar refractivity (Wildman–Crippen MR) is 150 cm³/mol. The van der Waals surface area contributed by atoms with E-state index in [0.717, 1.165) is 33.8 Å². The monoisotopic (exact) mass is 580 g/mol. The second-order valence-corrected chi connectivity index (χ2v) is 10.5. The molecule has 12 heteroatoms. The fraction of sp³-hybridized carbons (Fsp3) is 0.280. The number of hydrogen-bond donors (Lipinski definition) is 1. The molecule has 1 aliphatic rings. The van der Waals surface area contributed by atoms with Crippen LogP contribution < -0.4 is 10.6 Å². The van der Waals surface area contributed by atoms with E-state index in [1.165, 1.54) is 23.5 Å². The number of halogens is 4. The number of rotatable bonds is 5. The number of thiazole rings is 1. The van der Waals surface area contributed by atoms with E-state index < -0.39 is 0 Å². The highest BCUT2D eigenvalue weighted by Gasteiger charge is 2.25. The zero-order valence-electron chi connectivity index (χ0n) is 19.7. The van der Waals surface area contributed by atoms with E-state index >= 15 is 0 Å². The number of anilines is 2. The van der Waals surface area contributed by atoms with Gasteiger partial charge in [-0.2, -0.15) is 4.98 Å². The van der Waals surface area contributed by atoms with Crippen LogP contribution in [0.5, 0.6) is 0 Å². The summed E-state index contributed by atoms with van der Waals surface area (Å²) in [4.78, 5) is 31.2. The van der Waals surface area contributed by atoms with Gasteiger partial charge in [-0.25, -0.2) is 14.4 Å². The number of hydrogen-bond acceptors (Lipinski definition) is 7. The second-order valence-electron chi connectivity index (χ2n) is 8.18. The predicted octanol–water partition coefficient (Wildman–Crippen LogP) is 5.63. The van der Waals surface area contributed by atoms with Gasteiger partial charge in [-0.05, 0) is 48.4 Å². The summed E-state index contributed by atoms with van der Waals surface area (Å²) in [6.07, 6.45) is 1.47. The minimum atomic E-state index is -0.242. The van der Waals surface area contributed by atoms with Gasteiger partial charge in [0.15, 0.2) is 10.6 Å². The van der Waals surface area contributed by atoms with Gasteiger partial charge in [0.1, 0.15) is 11.3 Å². The number of nitrogens with zero attached hydrogens (tertiary/aromatic N) is 5. The smallest absolute Gasteiger partial charge is 0.253 e. The third-order valence-corrected chi connectivity index (χ3v) is 7.06. The van der Waals surface area contributed by atoms with Crippen LogP contribution in [0.15, 0.2) is 48.5 Å². The van der Waals surface area contributed by atoms with Crippen molar-refractivity contribution < 1.29 is 9.18 Å². The Balaban J connectivity index is 0.00000102. The average molecular weight is 582 g/mol. The van der Waals surface area contributed by atoms with Crippen LogP contribution in [-0.2, 0) is 12.8 Å². The molecule has 2 aromatic heterocycles. The Labute approximate surface area is 233 Å². The molecule has 2 aromatic carbocycles. The molecule has 3 heterocycles. The summed E-state index contributed by atoms with van der Waals surface area (Å²) in [6, 6.07) is 13.4. The first-order chi connectivity index (χ1) is 17.9. The Hall–Kier alpha value is -2.72. The Morgan fingerprint density at radius 2 is 1.59 bits per heavy atom. The van der Waals surface area contributed by atoms with Crippen molar-refractivity contribution in [2.45, 2.75) is 12.8 Å². The van der Waals surface area contributed by atoms with Crippen molar-refractivity contribution in [1.29, 1.82) is 0 Å². The Kier molecular flexibility index (Phi) is 9.37. The summed E-state index contributed by atoms with van der Waals surface area (Å²) in [5.74, 6) is 0.649. The number of alkyl halides is 2. The molecule has 1 aliphatic heterocycles. The number of nitrogen functional groups attached to an aromatic ring is 1. The molecule has 1 fully saturated rings. The van der Waals surface area contributed by atoms with E-state index in [2.05, 4.69) is 14.9 Å². The first kappa shape index (κ1) is 27.3. The first-order valence-electron chi connectivity index (χ1n) is 11.5. The second kappa shape index (κ2) is 12.7. The Bertz CT molecular complexity index is 1350. The first-order valence-corrected chi connectivity index (χ1v) is 13.7. The molecule has 0 unspecified atom stereocenters. The maximum Gasteiger partial charge on any atom is 0.253 e. The van der Waals surface area contributed by atoms with Gasteiger partial charge in [0.25, 0.3) is 5.91 Å². The van der Waals surface area contributed by atoms with Gasteiger partial charge in [0.05, 0.1) is 10.3 Å². The normalized spacial score (nSPS) is 13.4. The summed E-state index contributed by atoms with van der Waals surface area (Å²) >= 11 is 17.0. The van der Waals surface area contributed by atoms with Crippen LogP contribution in [-0.4, -0.2) is 57.3 Å². The molecule has 7 nitrogen and oxygen atoms in total. The topological polar surface area (TPSA) is 88.2 Å². The molecule has 2 N–H and O–H groups in total. The molecule has 1 amide bonds. The van der Waals surface area contributed by atoms with Crippen LogP contribution in [0.1, 0.15) is 20.9 Å². The molecule has 4 aromatic rings. The number of nitrogens with two attached hydrogens (primary N) is 1. The van der Waals surface area contributed by atoms with Gasteiger partial charge in [-0.3, -0.25) is 4.79 Å². The quantitative estimate of drug-likeness (QED) is 0.307. The molecule has 0 saturated carbocycles. The van der Waals surface area contributed by atoms with Crippen molar-refractivity contribution in [1.82, 2.24) is 19.9 Å². The van der Waals surface area contributed by atoms with Gasteiger partial charge in [-0.15, -0.1) is 23.2 Å². The van der Waals surface area contributed by atoms with Crippen molar-refractivity contribution in [3.63, 3.8) is 0 Å². The molecule has 0 bridgehead atoms.